The largest absolute Gasteiger partial charge is 0.481 e. The number of rotatable bonds is 6. The Hall–Kier alpha value is -1.99. The Bertz CT molecular complexity index is 762. The van der Waals surface area contributed by atoms with E-state index in [0.29, 0.717) is 11.1 Å². The van der Waals surface area contributed by atoms with Crippen molar-refractivity contribution in [2.24, 2.45) is 0 Å². The summed E-state index contributed by atoms with van der Waals surface area (Å²) < 4.78 is 48.0. The van der Waals surface area contributed by atoms with Crippen LogP contribution in [-0.2, 0) is 14.6 Å². The Balaban J connectivity index is 2.47. The lowest BCUT2D eigenvalue weighted by atomic mass is 10.1. The molecule has 0 saturated carbocycles. The molecule has 5 nitrogen and oxygen atoms in total. The van der Waals surface area contributed by atoms with Gasteiger partial charge in [-0.2, -0.15) is 0 Å². The molecule has 22 heavy (non-hydrogen) atoms. The number of methoxy groups -OCH3 is 2. The van der Waals surface area contributed by atoms with Gasteiger partial charge in [-0.1, -0.05) is 18.2 Å². The first-order valence-electron chi connectivity index (χ1n) is 6.51. The Morgan fingerprint density at radius 1 is 1.09 bits per heavy atom. The third-order valence-electron chi connectivity index (χ3n) is 3.07. The fourth-order valence-electron chi connectivity index (χ4n) is 1.93. The summed E-state index contributed by atoms with van der Waals surface area (Å²) in [6, 6.07) is 8.98. The van der Waals surface area contributed by atoms with Crippen molar-refractivity contribution in [2.45, 2.75) is 5.03 Å². The van der Waals surface area contributed by atoms with E-state index in [1.165, 1.54) is 32.4 Å². The second-order valence-corrected chi connectivity index (χ2v) is 6.55. The normalized spacial score (nSPS) is 11.4. The summed E-state index contributed by atoms with van der Waals surface area (Å²) in [7, 11) is -0.793. The van der Waals surface area contributed by atoms with Gasteiger partial charge in [0.1, 0.15) is 5.82 Å². The summed E-state index contributed by atoms with van der Waals surface area (Å²) >= 11 is 0. The molecule has 1 aromatic carbocycles. The number of ether oxygens (including phenoxy) is 2. The predicted octanol–water partition coefficient (Wildman–Crippen LogP) is 2.32. The highest BCUT2D eigenvalue weighted by atomic mass is 32.2. The molecule has 0 fully saturated rings. The molecule has 0 aliphatic heterocycles. The zero-order valence-corrected chi connectivity index (χ0v) is 13.1. The van der Waals surface area contributed by atoms with Gasteiger partial charge in [0.2, 0.25) is 5.88 Å². The molecule has 1 aromatic heterocycles. The highest BCUT2D eigenvalue weighted by Crippen LogP contribution is 2.31. The van der Waals surface area contributed by atoms with Crippen molar-refractivity contribution < 1.29 is 22.3 Å². The van der Waals surface area contributed by atoms with Gasteiger partial charge in [0.25, 0.3) is 0 Å². The van der Waals surface area contributed by atoms with Crippen molar-refractivity contribution >= 4 is 9.84 Å². The smallest absolute Gasteiger partial charge is 0.222 e. The van der Waals surface area contributed by atoms with Crippen LogP contribution in [-0.4, -0.2) is 40.0 Å². The lowest BCUT2D eigenvalue weighted by Gasteiger charge is -2.11. The number of aromatic nitrogens is 1. The van der Waals surface area contributed by atoms with Gasteiger partial charge < -0.3 is 9.47 Å². The van der Waals surface area contributed by atoms with Crippen LogP contribution in [0.2, 0.25) is 0 Å². The van der Waals surface area contributed by atoms with Crippen molar-refractivity contribution in [3.8, 4) is 17.0 Å². The Morgan fingerprint density at radius 2 is 1.82 bits per heavy atom. The number of hydrogen-bond acceptors (Lipinski definition) is 5. The third kappa shape index (κ3) is 3.42. The molecule has 0 atom stereocenters. The topological polar surface area (TPSA) is 65.5 Å². The molecule has 7 heteroatoms. The van der Waals surface area contributed by atoms with Crippen LogP contribution in [0.4, 0.5) is 4.39 Å². The van der Waals surface area contributed by atoms with E-state index >= 15 is 0 Å². The highest BCUT2D eigenvalue weighted by molar-refractivity contribution is 7.91. The van der Waals surface area contributed by atoms with Gasteiger partial charge in [-0.05, 0) is 18.2 Å². The summed E-state index contributed by atoms with van der Waals surface area (Å²) in [6.07, 6.45) is 0. The standard InChI is InChI=1S/C15H16FNO4S/c1-20-9-10-22(18,19)14-8-7-12(15(17-14)21-2)11-5-3-4-6-13(11)16/h3-8H,9-10H2,1-2H3. The van der Waals surface area contributed by atoms with Crippen molar-refractivity contribution in [1.82, 2.24) is 4.98 Å². The molecule has 0 aliphatic rings. The highest BCUT2D eigenvalue weighted by Gasteiger charge is 2.20. The lowest BCUT2D eigenvalue weighted by molar-refractivity contribution is 0.217. The van der Waals surface area contributed by atoms with Crippen LogP contribution in [0.3, 0.4) is 0 Å². The summed E-state index contributed by atoms with van der Waals surface area (Å²) in [5, 5.41) is -0.124. The number of sulfone groups is 1. The van der Waals surface area contributed by atoms with Crippen molar-refractivity contribution in [3.05, 3.63) is 42.2 Å². The quantitative estimate of drug-likeness (QED) is 0.815. The number of hydrogen-bond donors (Lipinski definition) is 0. The summed E-state index contributed by atoms with van der Waals surface area (Å²) in [4.78, 5) is 4.00. The van der Waals surface area contributed by atoms with Crippen LogP contribution in [0.15, 0.2) is 41.4 Å². The molecule has 2 rings (SSSR count). The van der Waals surface area contributed by atoms with E-state index in [-0.39, 0.29) is 23.3 Å². The van der Waals surface area contributed by atoms with Gasteiger partial charge in [-0.3, -0.25) is 0 Å². The molecule has 0 N–H and O–H groups in total. The van der Waals surface area contributed by atoms with E-state index in [0.717, 1.165) is 0 Å². The molecule has 0 spiro atoms. The second kappa shape index (κ2) is 6.85. The minimum absolute atomic E-state index is 0.0589. The van der Waals surface area contributed by atoms with Crippen LogP contribution in [0.5, 0.6) is 5.88 Å². The van der Waals surface area contributed by atoms with Crippen LogP contribution in [0.25, 0.3) is 11.1 Å². The Morgan fingerprint density at radius 3 is 2.45 bits per heavy atom. The summed E-state index contributed by atoms with van der Waals surface area (Å²) in [5.41, 5.74) is 0.694. The number of benzene rings is 1. The fourth-order valence-corrected chi connectivity index (χ4v) is 3.03. The van der Waals surface area contributed by atoms with E-state index in [2.05, 4.69) is 4.98 Å². The van der Waals surface area contributed by atoms with Crippen LogP contribution in [0.1, 0.15) is 0 Å². The monoisotopic (exact) mass is 325 g/mol. The molecular formula is C15H16FNO4S. The van der Waals surface area contributed by atoms with E-state index < -0.39 is 15.7 Å². The molecule has 0 bridgehead atoms. The van der Waals surface area contributed by atoms with E-state index in [9.17, 15) is 12.8 Å². The average molecular weight is 325 g/mol. The Labute approximate surface area is 128 Å². The molecule has 0 saturated heterocycles. The zero-order valence-electron chi connectivity index (χ0n) is 12.2. The number of pyridine rings is 1. The lowest BCUT2D eigenvalue weighted by Crippen LogP contribution is -2.13. The third-order valence-corrected chi connectivity index (χ3v) is 4.64. The van der Waals surface area contributed by atoms with Crippen LogP contribution in [0, 0.1) is 5.82 Å². The van der Waals surface area contributed by atoms with Gasteiger partial charge in [0.15, 0.2) is 14.9 Å². The fraction of sp³-hybridized carbons (Fsp3) is 0.267. The minimum atomic E-state index is -3.57. The zero-order chi connectivity index (χ0) is 16.2. The van der Waals surface area contributed by atoms with Gasteiger partial charge in [-0.15, -0.1) is 0 Å². The van der Waals surface area contributed by atoms with Gasteiger partial charge in [0, 0.05) is 18.2 Å². The number of nitrogens with zero attached hydrogens (tertiary/aromatic N) is 1. The first kappa shape index (κ1) is 16.4. The van der Waals surface area contributed by atoms with Crippen molar-refractivity contribution in [3.63, 3.8) is 0 Å². The molecular weight excluding hydrogens is 309 g/mol. The second-order valence-electron chi connectivity index (χ2n) is 4.50. The predicted molar refractivity (Wildman–Crippen MR) is 80.1 cm³/mol. The van der Waals surface area contributed by atoms with Crippen molar-refractivity contribution in [1.29, 1.82) is 0 Å². The molecule has 0 unspecified atom stereocenters. The molecule has 2 aromatic rings. The number of halogens is 1. The molecule has 0 radical (unpaired) electrons. The molecule has 118 valence electrons. The molecule has 0 amide bonds. The van der Waals surface area contributed by atoms with E-state index in [4.69, 9.17) is 9.47 Å². The van der Waals surface area contributed by atoms with Gasteiger partial charge in [0.05, 0.1) is 19.5 Å². The van der Waals surface area contributed by atoms with Gasteiger partial charge in [-0.25, -0.2) is 17.8 Å². The maximum atomic E-state index is 13.9. The molecule has 0 aliphatic carbocycles. The first-order valence-corrected chi connectivity index (χ1v) is 8.16. The maximum Gasteiger partial charge on any atom is 0.222 e. The average Bonchev–Trinajstić information content (AvgIpc) is 2.53. The van der Waals surface area contributed by atoms with Gasteiger partial charge >= 0.3 is 0 Å². The summed E-state index contributed by atoms with van der Waals surface area (Å²) in [6.45, 7) is 0.0708. The van der Waals surface area contributed by atoms with E-state index in [1.54, 1.807) is 18.2 Å². The maximum absolute atomic E-state index is 13.9. The Kier molecular flexibility index (Phi) is 5.10. The van der Waals surface area contributed by atoms with Crippen molar-refractivity contribution in [2.75, 3.05) is 26.6 Å². The minimum Gasteiger partial charge on any atom is -0.481 e. The van der Waals surface area contributed by atoms with Crippen LogP contribution < -0.4 is 4.74 Å². The first-order chi connectivity index (χ1) is 10.5. The SMILES string of the molecule is COCCS(=O)(=O)c1ccc(-c2ccccc2F)c(OC)n1. The molecule has 1 heterocycles. The van der Waals surface area contributed by atoms with E-state index in [1.807, 2.05) is 0 Å². The summed E-state index contributed by atoms with van der Waals surface area (Å²) in [5.74, 6) is -0.556. The van der Waals surface area contributed by atoms with Crippen LogP contribution >= 0.6 is 0 Å².